The van der Waals surface area contributed by atoms with E-state index in [-0.39, 0.29) is 24.8 Å². The van der Waals surface area contributed by atoms with Crippen LogP contribution in [0.4, 0.5) is 4.79 Å². The maximum absolute atomic E-state index is 12.5. The average Bonchev–Trinajstić information content (AvgIpc) is 2.64. The van der Waals surface area contributed by atoms with Crippen LogP contribution in [0.5, 0.6) is 0 Å². The molecule has 0 unspecified atom stereocenters. The van der Waals surface area contributed by atoms with Crippen LogP contribution in [0, 0.1) is 5.92 Å². The lowest BCUT2D eigenvalue weighted by Crippen LogP contribution is -2.56. The molecule has 0 aromatic heterocycles. The number of nitrogens with one attached hydrogen (secondary N) is 4. The second-order valence-corrected chi connectivity index (χ2v) is 7.47. The van der Waals surface area contributed by atoms with Crippen molar-refractivity contribution in [3.05, 3.63) is 0 Å². The van der Waals surface area contributed by atoms with Crippen molar-refractivity contribution >= 4 is 28.2 Å². The van der Waals surface area contributed by atoms with E-state index in [2.05, 4.69) is 20.5 Å². The molecule has 0 aromatic carbocycles. The molecule has 1 heterocycles. The number of hydroxylamine groups is 1. The first-order valence-corrected chi connectivity index (χ1v) is 10.6. The highest BCUT2D eigenvalue weighted by Gasteiger charge is 2.29. The number of nitrogens with zero attached hydrogens (tertiary/aromatic N) is 1. The summed E-state index contributed by atoms with van der Waals surface area (Å²) in [4.78, 5) is 37.6. The van der Waals surface area contributed by atoms with Crippen LogP contribution >= 0.6 is 0 Å². The van der Waals surface area contributed by atoms with Crippen molar-refractivity contribution < 1.29 is 31.6 Å². The molecule has 1 saturated heterocycles. The summed E-state index contributed by atoms with van der Waals surface area (Å²) in [6, 6.07) is -1.99. The molecule has 1 fully saturated rings. The van der Waals surface area contributed by atoms with Crippen LogP contribution in [-0.4, -0.2) is 61.4 Å². The third-order valence-electron chi connectivity index (χ3n) is 4.33. The van der Waals surface area contributed by atoms with Gasteiger partial charge in [0, 0.05) is 13.0 Å². The number of hydrogen-bond acceptors (Lipinski definition) is 7. The molecule has 5 N–H and O–H groups in total. The van der Waals surface area contributed by atoms with Crippen LogP contribution < -0.4 is 21.6 Å². The van der Waals surface area contributed by atoms with Crippen molar-refractivity contribution in [3.8, 4) is 0 Å². The molecule has 0 aliphatic carbocycles. The first-order chi connectivity index (χ1) is 13.2. The largest absolute Gasteiger partial charge is 0.418 e. The number of hydrazine groups is 1. The Bertz CT molecular complexity index is 637. The normalized spacial score (nSPS) is 16.1. The van der Waals surface area contributed by atoms with Crippen molar-refractivity contribution in [1.29, 1.82) is 0 Å². The van der Waals surface area contributed by atoms with Crippen molar-refractivity contribution in [2.45, 2.75) is 52.0 Å². The van der Waals surface area contributed by atoms with Gasteiger partial charge in [-0.15, -0.1) is 4.28 Å². The molecule has 12 nitrogen and oxygen atoms in total. The summed E-state index contributed by atoms with van der Waals surface area (Å²) < 4.78 is 33.6. The summed E-state index contributed by atoms with van der Waals surface area (Å²) in [5, 5.41) is 3.21. The molecule has 1 atom stereocenters. The first-order valence-electron chi connectivity index (χ1n) is 9.19. The topological polar surface area (TPSA) is 166 Å². The minimum atomic E-state index is -4.88. The molecule has 1 aliphatic rings. The van der Waals surface area contributed by atoms with Gasteiger partial charge in [-0.3, -0.25) is 25.0 Å². The van der Waals surface area contributed by atoms with Gasteiger partial charge in [-0.05, 0) is 45.2 Å². The Morgan fingerprint density at radius 2 is 1.86 bits per heavy atom. The number of likely N-dealkylation sites (N-methyl/N-ethyl adjacent to an activating group) is 1. The fourth-order valence-electron chi connectivity index (χ4n) is 2.97. The Balaban J connectivity index is 2.61. The fourth-order valence-corrected chi connectivity index (χ4v) is 3.14. The molecular formula is C15H29N5O7S. The van der Waals surface area contributed by atoms with Crippen LogP contribution in [0.1, 0.15) is 46.0 Å². The Morgan fingerprint density at radius 1 is 1.21 bits per heavy atom. The first kappa shape index (κ1) is 24.1. The van der Waals surface area contributed by atoms with Gasteiger partial charge in [0.2, 0.25) is 5.91 Å². The smallest absolute Gasteiger partial charge is 0.317 e. The monoisotopic (exact) mass is 423 g/mol. The summed E-state index contributed by atoms with van der Waals surface area (Å²) in [5.74, 6) is -0.692. The van der Waals surface area contributed by atoms with Gasteiger partial charge < -0.3 is 10.2 Å². The second kappa shape index (κ2) is 11.8. The molecule has 0 saturated carbocycles. The molecular weight excluding hydrogens is 394 g/mol. The van der Waals surface area contributed by atoms with Gasteiger partial charge in [0.1, 0.15) is 6.04 Å². The Morgan fingerprint density at radius 3 is 2.39 bits per heavy atom. The van der Waals surface area contributed by atoms with E-state index in [9.17, 15) is 22.8 Å². The molecule has 0 spiro atoms. The predicted molar refractivity (Wildman–Crippen MR) is 98.7 cm³/mol. The third-order valence-corrected chi connectivity index (χ3v) is 4.63. The minimum Gasteiger partial charge on any atom is -0.317 e. The maximum atomic E-state index is 12.5. The molecule has 13 heteroatoms. The van der Waals surface area contributed by atoms with Crippen LogP contribution in [-0.2, 0) is 24.3 Å². The summed E-state index contributed by atoms with van der Waals surface area (Å²) in [5.41, 5.74) is 6.24. The van der Waals surface area contributed by atoms with Gasteiger partial charge in [0.25, 0.3) is 5.91 Å². The second-order valence-electron chi connectivity index (χ2n) is 6.44. The van der Waals surface area contributed by atoms with Gasteiger partial charge in [0.05, 0.1) is 0 Å². The molecule has 28 heavy (non-hydrogen) atoms. The molecule has 1 rings (SSSR count). The number of hydrogen-bond donors (Lipinski definition) is 5. The summed E-state index contributed by atoms with van der Waals surface area (Å²) in [6.45, 7) is 5.15. The van der Waals surface area contributed by atoms with Gasteiger partial charge in [-0.1, -0.05) is 13.3 Å². The molecule has 0 aromatic rings. The number of carbonyl (C=O) groups excluding carboxylic acids is 3. The van der Waals surface area contributed by atoms with E-state index in [4.69, 9.17) is 4.55 Å². The molecule has 162 valence electrons. The summed E-state index contributed by atoms with van der Waals surface area (Å²) in [6.07, 6.45) is 2.88. The highest BCUT2D eigenvalue weighted by atomic mass is 32.3. The van der Waals surface area contributed by atoms with Crippen molar-refractivity contribution in [1.82, 2.24) is 26.5 Å². The lowest BCUT2D eigenvalue weighted by atomic mass is 9.94. The van der Waals surface area contributed by atoms with E-state index >= 15 is 0 Å². The zero-order valence-corrected chi connectivity index (χ0v) is 16.9. The number of rotatable bonds is 9. The zero-order chi connectivity index (χ0) is 21.2. The number of urea groups is 1. The SMILES string of the molecule is CCC[C@@H](C(=O)NNC(=O)CC1CCNCC1)N(CC)C(=O)NOS(=O)(=O)O. The highest BCUT2D eigenvalue weighted by Crippen LogP contribution is 2.15. The lowest BCUT2D eigenvalue weighted by molar-refractivity contribution is -0.132. The van der Waals surface area contributed by atoms with Crippen molar-refractivity contribution in [2.75, 3.05) is 19.6 Å². The van der Waals surface area contributed by atoms with E-state index < -0.39 is 28.4 Å². The van der Waals surface area contributed by atoms with E-state index in [0.29, 0.717) is 12.8 Å². The number of amides is 4. The predicted octanol–water partition coefficient (Wildman–Crippen LogP) is -0.542. The lowest BCUT2D eigenvalue weighted by Gasteiger charge is -2.29. The highest BCUT2D eigenvalue weighted by molar-refractivity contribution is 7.80. The van der Waals surface area contributed by atoms with Crippen molar-refractivity contribution in [2.24, 2.45) is 5.92 Å². The van der Waals surface area contributed by atoms with Crippen molar-refractivity contribution in [3.63, 3.8) is 0 Å². The Hall–Kier alpha value is -1.96. The van der Waals surface area contributed by atoms with Gasteiger partial charge >= 0.3 is 16.4 Å². The van der Waals surface area contributed by atoms with Crippen LogP contribution in [0.25, 0.3) is 0 Å². The van der Waals surface area contributed by atoms with Gasteiger partial charge in [-0.2, -0.15) is 13.9 Å². The fraction of sp³-hybridized carbons (Fsp3) is 0.800. The number of carbonyl (C=O) groups is 3. The molecule has 1 aliphatic heterocycles. The molecule has 0 radical (unpaired) electrons. The van der Waals surface area contributed by atoms with Crippen LogP contribution in [0.2, 0.25) is 0 Å². The minimum absolute atomic E-state index is 0.0573. The number of piperidine rings is 1. The van der Waals surface area contributed by atoms with Gasteiger partial charge in [-0.25, -0.2) is 4.79 Å². The quantitative estimate of drug-likeness (QED) is 0.243. The summed E-state index contributed by atoms with van der Waals surface area (Å²) >= 11 is 0. The molecule has 0 bridgehead atoms. The van der Waals surface area contributed by atoms with E-state index in [1.54, 1.807) is 19.3 Å². The maximum Gasteiger partial charge on any atom is 0.418 e. The van der Waals surface area contributed by atoms with E-state index in [1.807, 2.05) is 0 Å². The van der Waals surface area contributed by atoms with E-state index in [0.717, 1.165) is 30.8 Å². The van der Waals surface area contributed by atoms with Gasteiger partial charge in [0.15, 0.2) is 0 Å². The van der Waals surface area contributed by atoms with Crippen LogP contribution in [0.15, 0.2) is 0 Å². The molecule has 4 amide bonds. The third kappa shape index (κ3) is 8.82. The Labute approximate surface area is 164 Å². The average molecular weight is 423 g/mol. The zero-order valence-electron chi connectivity index (χ0n) is 16.1. The standard InChI is InChI=1S/C15H29N5O7S/c1-3-5-12(20(4-2)15(23)19-27-28(24,25)26)14(22)18-17-13(21)10-11-6-8-16-9-7-11/h11-12,16H,3-10H2,1-2H3,(H,17,21)(H,18,22)(H,19,23)(H,24,25,26)/t12-/m0/s1. The van der Waals surface area contributed by atoms with E-state index in [1.165, 1.54) is 0 Å². The van der Waals surface area contributed by atoms with Crippen LogP contribution in [0.3, 0.4) is 0 Å². The summed E-state index contributed by atoms with van der Waals surface area (Å²) in [7, 11) is -4.88. The Kier molecular flexibility index (Phi) is 10.1.